The number of aliphatic hydroxyl groups excluding tert-OH is 1. The van der Waals surface area contributed by atoms with Gasteiger partial charge < -0.3 is 19.9 Å². The maximum absolute atomic E-state index is 12.1. The molecule has 6 nitrogen and oxygen atoms in total. The van der Waals surface area contributed by atoms with Crippen LogP contribution in [0.3, 0.4) is 0 Å². The molecule has 0 aromatic heterocycles. The van der Waals surface area contributed by atoms with E-state index in [1.54, 1.807) is 20.8 Å². The SMILES string of the molecule is CC(C)(C)OC(=O)N[C@@H]1[C@H](CO)[C@H]1C(=O)OCc1ccccc1. The minimum atomic E-state index is -0.614. The molecule has 1 aromatic rings. The second-order valence-corrected chi connectivity index (χ2v) is 6.64. The Morgan fingerprint density at radius 3 is 2.43 bits per heavy atom. The van der Waals surface area contributed by atoms with Crippen LogP contribution < -0.4 is 5.32 Å². The second kappa shape index (κ2) is 7.00. The summed E-state index contributed by atoms with van der Waals surface area (Å²) >= 11 is 0. The highest BCUT2D eigenvalue weighted by molar-refractivity contribution is 5.80. The van der Waals surface area contributed by atoms with Crippen LogP contribution in [0.15, 0.2) is 30.3 Å². The Labute approximate surface area is 135 Å². The molecule has 2 N–H and O–H groups in total. The largest absolute Gasteiger partial charge is 0.461 e. The summed E-state index contributed by atoms with van der Waals surface area (Å²) in [4.78, 5) is 23.9. The summed E-state index contributed by atoms with van der Waals surface area (Å²) in [6, 6.07) is 8.89. The average Bonchev–Trinajstić information content (AvgIpc) is 3.16. The van der Waals surface area contributed by atoms with Crippen molar-refractivity contribution in [2.75, 3.05) is 6.61 Å². The molecule has 0 saturated heterocycles. The number of hydrogen-bond donors (Lipinski definition) is 2. The summed E-state index contributed by atoms with van der Waals surface area (Å²) in [6.07, 6.45) is -0.598. The zero-order valence-electron chi connectivity index (χ0n) is 13.6. The number of hydrogen-bond acceptors (Lipinski definition) is 5. The first kappa shape index (κ1) is 17.3. The van der Waals surface area contributed by atoms with Gasteiger partial charge in [-0.15, -0.1) is 0 Å². The van der Waals surface area contributed by atoms with Crippen molar-refractivity contribution in [2.45, 2.75) is 39.0 Å². The Balaban J connectivity index is 1.84. The lowest BCUT2D eigenvalue weighted by Crippen LogP contribution is -2.35. The topological polar surface area (TPSA) is 84.9 Å². The summed E-state index contributed by atoms with van der Waals surface area (Å²) in [7, 11) is 0. The van der Waals surface area contributed by atoms with Crippen molar-refractivity contribution < 1.29 is 24.2 Å². The summed E-state index contributed by atoms with van der Waals surface area (Å²) in [6.45, 7) is 5.26. The molecule has 1 saturated carbocycles. The molecule has 1 fully saturated rings. The highest BCUT2D eigenvalue weighted by atomic mass is 16.6. The van der Waals surface area contributed by atoms with E-state index in [2.05, 4.69) is 5.32 Å². The lowest BCUT2D eigenvalue weighted by atomic mass is 10.2. The molecule has 0 aliphatic heterocycles. The monoisotopic (exact) mass is 321 g/mol. The summed E-state index contributed by atoms with van der Waals surface area (Å²) in [5.41, 5.74) is 0.274. The van der Waals surface area contributed by atoms with Crippen LogP contribution in [0.2, 0.25) is 0 Å². The third kappa shape index (κ3) is 4.96. The molecule has 0 heterocycles. The molecule has 1 amide bonds. The van der Waals surface area contributed by atoms with Gasteiger partial charge in [-0.05, 0) is 26.3 Å². The molecule has 1 aromatic carbocycles. The lowest BCUT2D eigenvalue weighted by molar-refractivity contribution is -0.147. The molecule has 0 unspecified atom stereocenters. The molecule has 1 aliphatic rings. The number of ether oxygens (including phenoxy) is 2. The molecule has 0 bridgehead atoms. The number of nitrogens with one attached hydrogen (secondary N) is 1. The molecule has 6 heteroatoms. The number of rotatable bonds is 5. The Hall–Kier alpha value is -2.08. The van der Waals surface area contributed by atoms with Gasteiger partial charge in [0.05, 0.1) is 12.0 Å². The number of amides is 1. The molecule has 1 aliphatic carbocycles. The minimum Gasteiger partial charge on any atom is -0.461 e. The smallest absolute Gasteiger partial charge is 0.407 e. The van der Waals surface area contributed by atoms with Gasteiger partial charge in [0.1, 0.15) is 12.2 Å². The van der Waals surface area contributed by atoms with Gasteiger partial charge in [0.2, 0.25) is 0 Å². The van der Waals surface area contributed by atoms with E-state index in [4.69, 9.17) is 9.47 Å². The Morgan fingerprint density at radius 1 is 1.22 bits per heavy atom. The normalized spacial score (nSPS) is 23.0. The van der Waals surface area contributed by atoms with E-state index in [-0.39, 0.29) is 19.1 Å². The summed E-state index contributed by atoms with van der Waals surface area (Å²) < 4.78 is 10.4. The van der Waals surface area contributed by atoms with Crippen LogP contribution in [0.5, 0.6) is 0 Å². The van der Waals surface area contributed by atoms with Crippen LogP contribution in [-0.2, 0) is 20.9 Å². The van der Waals surface area contributed by atoms with Gasteiger partial charge >= 0.3 is 12.1 Å². The fourth-order valence-corrected chi connectivity index (χ4v) is 2.39. The molecule has 0 spiro atoms. The first-order valence-electron chi connectivity index (χ1n) is 7.63. The van der Waals surface area contributed by atoms with Gasteiger partial charge in [0, 0.05) is 12.5 Å². The highest BCUT2D eigenvalue weighted by Crippen LogP contribution is 2.40. The Morgan fingerprint density at radius 2 is 1.87 bits per heavy atom. The van der Waals surface area contributed by atoms with E-state index in [1.165, 1.54) is 0 Å². The highest BCUT2D eigenvalue weighted by Gasteiger charge is 2.56. The first-order chi connectivity index (χ1) is 10.8. The number of alkyl carbamates (subject to hydrolysis) is 1. The van der Waals surface area contributed by atoms with Crippen LogP contribution in [0, 0.1) is 11.8 Å². The predicted molar refractivity (Wildman–Crippen MR) is 83.5 cm³/mol. The van der Waals surface area contributed by atoms with Gasteiger partial charge in [0.15, 0.2) is 0 Å². The molecule has 2 rings (SSSR count). The zero-order valence-corrected chi connectivity index (χ0v) is 13.6. The van der Waals surface area contributed by atoms with Crippen LogP contribution >= 0.6 is 0 Å². The van der Waals surface area contributed by atoms with Gasteiger partial charge in [-0.1, -0.05) is 30.3 Å². The van der Waals surface area contributed by atoms with Crippen LogP contribution in [0.1, 0.15) is 26.3 Å². The van der Waals surface area contributed by atoms with E-state index in [9.17, 15) is 14.7 Å². The van der Waals surface area contributed by atoms with E-state index < -0.39 is 29.6 Å². The van der Waals surface area contributed by atoms with Crippen molar-refractivity contribution in [3.63, 3.8) is 0 Å². The third-order valence-corrected chi connectivity index (χ3v) is 3.56. The van der Waals surface area contributed by atoms with Crippen LogP contribution in [0.4, 0.5) is 4.79 Å². The lowest BCUT2D eigenvalue weighted by Gasteiger charge is -2.19. The first-order valence-corrected chi connectivity index (χ1v) is 7.63. The Kier molecular flexibility index (Phi) is 5.26. The standard InChI is InChI=1S/C17H23NO5/c1-17(2,3)23-16(21)18-14-12(9-19)13(14)15(20)22-10-11-7-5-4-6-8-11/h4-8,12-14,19H,9-10H2,1-3H3,(H,18,21)/t12-,13-,14-/m1/s1. The number of benzene rings is 1. The average molecular weight is 321 g/mol. The maximum Gasteiger partial charge on any atom is 0.407 e. The quantitative estimate of drug-likeness (QED) is 0.809. The summed E-state index contributed by atoms with van der Waals surface area (Å²) in [5, 5.41) is 11.9. The van der Waals surface area contributed by atoms with Crippen molar-refractivity contribution in [2.24, 2.45) is 11.8 Å². The molecule has 0 radical (unpaired) electrons. The van der Waals surface area contributed by atoms with Crippen molar-refractivity contribution in [3.05, 3.63) is 35.9 Å². The zero-order chi connectivity index (χ0) is 17.0. The summed E-state index contributed by atoms with van der Waals surface area (Å²) in [5.74, 6) is -1.28. The van der Waals surface area contributed by atoms with E-state index in [1.807, 2.05) is 30.3 Å². The van der Waals surface area contributed by atoms with Crippen molar-refractivity contribution in [1.29, 1.82) is 0 Å². The second-order valence-electron chi connectivity index (χ2n) is 6.64. The Bertz CT molecular complexity index is 552. The molecular weight excluding hydrogens is 298 g/mol. The van der Waals surface area contributed by atoms with Crippen molar-refractivity contribution in [3.8, 4) is 0 Å². The van der Waals surface area contributed by atoms with E-state index in [0.717, 1.165) is 5.56 Å². The number of aliphatic hydroxyl groups is 1. The van der Waals surface area contributed by atoms with Crippen molar-refractivity contribution in [1.82, 2.24) is 5.32 Å². The van der Waals surface area contributed by atoms with Gasteiger partial charge in [-0.3, -0.25) is 4.79 Å². The maximum atomic E-state index is 12.1. The van der Waals surface area contributed by atoms with Crippen LogP contribution in [-0.4, -0.2) is 35.4 Å². The number of esters is 1. The van der Waals surface area contributed by atoms with E-state index in [0.29, 0.717) is 0 Å². The fraction of sp³-hybridized carbons (Fsp3) is 0.529. The predicted octanol–water partition coefficient (Wildman–Crippen LogP) is 1.86. The molecule has 3 atom stereocenters. The third-order valence-electron chi connectivity index (χ3n) is 3.56. The number of carbonyl (C=O) groups is 2. The van der Waals surface area contributed by atoms with Gasteiger partial charge in [-0.2, -0.15) is 0 Å². The minimum absolute atomic E-state index is 0.174. The number of carbonyl (C=O) groups excluding carboxylic acids is 2. The van der Waals surface area contributed by atoms with Crippen LogP contribution in [0.25, 0.3) is 0 Å². The molecule has 23 heavy (non-hydrogen) atoms. The van der Waals surface area contributed by atoms with Crippen molar-refractivity contribution >= 4 is 12.1 Å². The van der Waals surface area contributed by atoms with Gasteiger partial charge in [0.25, 0.3) is 0 Å². The van der Waals surface area contributed by atoms with E-state index >= 15 is 0 Å². The molecule has 126 valence electrons. The fourth-order valence-electron chi connectivity index (χ4n) is 2.39. The van der Waals surface area contributed by atoms with Gasteiger partial charge in [-0.25, -0.2) is 4.79 Å². The molecular formula is C17H23NO5.